The first kappa shape index (κ1) is 20.0. The van der Waals surface area contributed by atoms with Crippen molar-refractivity contribution in [2.75, 3.05) is 31.6 Å². The number of nitrogens with one attached hydrogen (secondary N) is 1. The molecule has 1 aliphatic rings. The van der Waals surface area contributed by atoms with E-state index in [2.05, 4.69) is 20.3 Å². The highest BCUT2D eigenvalue weighted by Gasteiger charge is 2.26. The monoisotopic (exact) mass is 436 g/mol. The van der Waals surface area contributed by atoms with Gasteiger partial charge in [0, 0.05) is 37.1 Å². The molecular formula is C22H18F2N6O2. The highest BCUT2D eigenvalue weighted by Crippen LogP contribution is 2.25. The summed E-state index contributed by atoms with van der Waals surface area (Å²) in [6.07, 6.45) is 4.88. The second-order valence-electron chi connectivity index (χ2n) is 7.19. The fourth-order valence-electron chi connectivity index (χ4n) is 3.57. The van der Waals surface area contributed by atoms with E-state index in [0.717, 1.165) is 12.1 Å². The van der Waals surface area contributed by atoms with Crippen LogP contribution in [0.25, 0.3) is 16.7 Å². The van der Waals surface area contributed by atoms with Crippen molar-refractivity contribution in [1.29, 1.82) is 0 Å². The number of hydrogen-bond acceptors (Lipinski definition) is 6. The standard InChI is InChI=1S/C22H18F2N6O2/c23-16-11-15(12-17(24)19(16)21(31)29-7-9-32-10-8-29)30-6-4-14-13-26-22(28-20(14)30)27-18-3-1-2-5-25-18/h1-6,11-13H,7-10H2,(H,25,26,27,28). The number of ether oxygens (including phenoxy) is 1. The number of anilines is 2. The van der Waals surface area contributed by atoms with Gasteiger partial charge in [-0.1, -0.05) is 6.07 Å². The number of aromatic nitrogens is 4. The minimum absolute atomic E-state index is 0.205. The van der Waals surface area contributed by atoms with Gasteiger partial charge >= 0.3 is 0 Å². The van der Waals surface area contributed by atoms with Crippen LogP contribution in [0.4, 0.5) is 20.5 Å². The lowest BCUT2D eigenvalue weighted by atomic mass is 10.1. The number of hydrogen-bond donors (Lipinski definition) is 1. The molecule has 0 spiro atoms. The number of pyridine rings is 1. The fourth-order valence-corrected chi connectivity index (χ4v) is 3.57. The number of benzene rings is 1. The minimum atomic E-state index is -0.931. The van der Waals surface area contributed by atoms with Gasteiger partial charge in [0.15, 0.2) is 0 Å². The van der Waals surface area contributed by atoms with E-state index in [1.807, 2.05) is 6.07 Å². The lowest BCUT2D eigenvalue weighted by Crippen LogP contribution is -2.41. The first-order chi connectivity index (χ1) is 15.6. The van der Waals surface area contributed by atoms with Gasteiger partial charge in [-0.2, -0.15) is 4.98 Å². The van der Waals surface area contributed by atoms with E-state index in [9.17, 15) is 13.6 Å². The molecule has 1 amide bonds. The third kappa shape index (κ3) is 3.76. The van der Waals surface area contributed by atoms with E-state index in [1.54, 1.807) is 36.8 Å². The quantitative estimate of drug-likeness (QED) is 0.528. The topological polar surface area (TPSA) is 85.2 Å². The van der Waals surface area contributed by atoms with Crippen LogP contribution in [0.2, 0.25) is 0 Å². The van der Waals surface area contributed by atoms with Crippen molar-refractivity contribution in [3.63, 3.8) is 0 Å². The molecule has 10 heteroatoms. The Labute approximate surface area is 181 Å². The van der Waals surface area contributed by atoms with Crippen LogP contribution in [0.5, 0.6) is 0 Å². The molecular weight excluding hydrogens is 418 g/mol. The number of amides is 1. The number of morpholine rings is 1. The van der Waals surface area contributed by atoms with Gasteiger partial charge in [0.25, 0.3) is 5.91 Å². The summed E-state index contributed by atoms with van der Waals surface area (Å²) in [7, 11) is 0. The van der Waals surface area contributed by atoms with Crippen LogP contribution in [-0.2, 0) is 4.74 Å². The van der Waals surface area contributed by atoms with Crippen molar-refractivity contribution in [3.8, 4) is 5.69 Å². The lowest BCUT2D eigenvalue weighted by Gasteiger charge is -2.27. The SMILES string of the molecule is O=C(c1c(F)cc(-n2ccc3cnc(Nc4ccccn4)nc32)cc1F)N1CCOCC1. The van der Waals surface area contributed by atoms with Gasteiger partial charge in [-0.05, 0) is 30.3 Å². The maximum absolute atomic E-state index is 14.9. The van der Waals surface area contributed by atoms with E-state index in [4.69, 9.17) is 4.74 Å². The largest absolute Gasteiger partial charge is 0.378 e. The molecule has 0 atom stereocenters. The second kappa shape index (κ2) is 8.31. The van der Waals surface area contributed by atoms with Gasteiger partial charge in [0.1, 0.15) is 28.7 Å². The Morgan fingerprint density at radius 2 is 1.84 bits per heavy atom. The summed E-state index contributed by atoms with van der Waals surface area (Å²) in [5.74, 6) is -1.70. The summed E-state index contributed by atoms with van der Waals surface area (Å²) in [4.78, 5) is 26.9. The normalized spacial score (nSPS) is 14.0. The molecule has 0 unspecified atom stereocenters. The predicted octanol–water partition coefficient (Wildman–Crippen LogP) is 3.31. The summed E-state index contributed by atoms with van der Waals surface area (Å²) < 4.78 is 36.5. The van der Waals surface area contributed by atoms with Crippen molar-refractivity contribution in [3.05, 3.63) is 72.2 Å². The smallest absolute Gasteiger partial charge is 0.259 e. The Bertz CT molecular complexity index is 1270. The Morgan fingerprint density at radius 3 is 2.56 bits per heavy atom. The van der Waals surface area contributed by atoms with E-state index in [1.165, 1.54) is 9.47 Å². The molecule has 1 aliphatic heterocycles. The van der Waals surface area contributed by atoms with E-state index in [-0.39, 0.29) is 11.6 Å². The zero-order chi connectivity index (χ0) is 22.1. The number of carbonyl (C=O) groups excluding carboxylic acids is 1. The highest BCUT2D eigenvalue weighted by molar-refractivity contribution is 5.95. The zero-order valence-corrected chi connectivity index (χ0v) is 16.8. The van der Waals surface area contributed by atoms with Gasteiger partial charge in [0.05, 0.1) is 18.9 Å². The van der Waals surface area contributed by atoms with Gasteiger partial charge in [-0.3, -0.25) is 4.79 Å². The molecule has 1 aromatic carbocycles. The van der Waals surface area contributed by atoms with Crippen molar-refractivity contribution in [2.45, 2.75) is 0 Å². The van der Waals surface area contributed by atoms with Crippen molar-refractivity contribution < 1.29 is 18.3 Å². The van der Waals surface area contributed by atoms with Gasteiger partial charge < -0.3 is 19.5 Å². The molecule has 1 N–H and O–H groups in total. The van der Waals surface area contributed by atoms with Crippen LogP contribution >= 0.6 is 0 Å². The van der Waals surface area contributed by atoms with Crippen LogP contribution in [0, 0.1) is 11.6 Å². The summed E-state index contributed by atoms with van der Waals surface area (Å²) in [5, 5.41) is 3.68. The molecule has 4 aromatic rings. The maximum atomic E-state index is 14.9. The average molecular weight is 436 g/mol. The summed E-state index contributed by atoms with van der Waals surface area (Å²) >= 11 is 0. The van der Waals surface area contributed by atoms with Gasteiger partial charge in [0.2, 0.25) is 5.95 Å². The van der Waals surface area contributed by atoms with Gasteiger partial charge in [-0.15, -0.1) is 0 Å². The van der Waals surface area contributed by atoms with Crippen LogP contribution < -0.4 is 5.32 Å². The molecule has 0 aliphatic carbocycles. The Kier molecular flexibility index (Phi) is 5.20. The van der Waals surface area contributed by atoms with E-state index < -0.39 is 23.1 Å². The molecule has 1 fully saturated rings. The van der Waals surface area contributed by atoms with E-state index >= 15 is 0 Å². The van der Waals surface area contributed by atoms with Gasteiger partial charge in [-0.25, -0.2) is 18.7 Å². The number of halogens is 2. The molecule has 0 radical (unpaired) electrons. The summed E-state index contributed by atoms with van der Waals surface area (Å²) in [5.41, 5.74) is 0.0831. The number of rotatable bonds is 4. The first-order valence-electron chi connectivity index (χ1n) is 9.99. The molecule has 4 heterocycles. The molecule has 32 heavy (non-hydrogen) atoms. The molecule has 0 saturated carbocycles. The molecule has 1 saturated heterocycles. The maximum Gasteiger partial charge on any atom is 0.259 e. The van der Waals surface area contributed by atoms with E-state index in [0.29, 0.717) is 43.2 Å². The van der Waals surface area contributed by atoms with Crippen LogP contribution in [0.1, 0.15) is 10.4 Å². The van der Waals surface area contributed by atoms with Crippen molar-refractivity contribution in [1.82, 2.24) is 24.4 Å². The van der Waals surface area contributed by atoms with Crippen LogP contribution in [-0.4, -0.2) is 56.6 Å². The Hall–Kier alpha value is -3.92. The molecule has 8 nitrogen and oxygen atoms in total. The fraction of sp³-hybridized carbons (Fsp3) is 0.182. The minimum Gasteiger partial charge on any atom is -0.378 e. The van der Waals surface area contributed by atoms with Crippen LogP contribution in [0.15, 0.2) is 55.0 Å². The second-order valence-corrected chi connectivity index (χ2v) is 7.19. The predicted molar refractivity (Wildman–Crippen MR) is 113 cm³/mol. The van der Waals surface area contributed by atoms with Crippen molar-refractivity contribution in [2.24, 2.45) is 0 Å². The third-order valence-electron chi connectivity index (χ3n) is 5.15. The molecule has 5 rings (SSSR count). The molecule has 3 aromatic heterocycles. The lowest BCUT2D eigenvalue weighted by molar-refractivity contribution is 0.0296. The highest BCUT2D eigenvalue weighted by atomic mass is 19.1. The number of carbonyl (C=O) groups is 1. The summed E-state index contributed by atoms with van der Waals surface area (Å²) in [6.45, 7) is 1.28. The summed E-state index contributed by atoms with van der Waals surface area (Å²) in [6, 6.07) is 9.37. The third-order valence-corrected chi connectivity index (χ3v) is 5.15. The zero-order valence-electron chi connectivity index (χ0n) is 16.8. The number of fused-ring (bicyclic) bond motifs is 1. The van der Waals surface area contributed by atoms with Crippen molar-refractivity contribution >= 4 is 28.7 Å². The Morgan fingerprint density at radius 1 is 1.06 bits per heavy atom. The molecule has 0 bridgehead atoms. The van der Waals surface area contributed by atoms with Crippen LogP contribution in [0.3, 0.4) is 0 Å². The molecule has 162 valence electrons. The Balaban J connectivity index is 1.49. The number of nitrogens with zero attached hydrogens (tertiary/aromatic N) is 5. The first-order valence-corrected chi connectivity index (χ1v) is 9.99. The average Bonchev–Trinajstić information content (AvgIpc) is 3.23.